The molecule has 19 heavy (non-hydrogen) atoms. The van der Waals surface area contributed by atoms with Crippen LogP contribution in [-0.2, 0) is 6.18 Å². The van der Waals surface area contributed by atoms with E-state index in [0.717, 1.165) is 0 Å². The number of anilines is 1. The van der Waals surface area contributed by atoms with E-state index in [1.54, 1.807) is 13.8 Å². The van der Waals surface area contributed by atoms with Gasteiger partial charge in [0.25, 0.3) is 0 Å². The molecule has 0 heterocycles. The van der Waals surface area contributed by atoms with E-state index in [2.05, 4.69) is 5.32 Å². The van der Waals surface area contributed by atoms with Gasteiger partial charge in [-0.2, -0.15) is 13.2 Å². The molecule has 0 radical (unpaired) electrons. The number of rotatable bonds is 3. The number of halogens is 4. The molecule has 0 bridgehead atoms. The van der Waals surface area contributed by atoms with Crippen LogP contribution in [0.15, 0.2) is 18.2 Å². The molecule has 0 spiro atoms. The predicted octanol–water partition coefficient (Wildman–Crippen LogP) is 3.72. The fourth-order valence-electron chi connectivity index (χ4n) is 1.50. The smallest absolute Gasteiger partial charge is 0.325 e. The molecule has 2 amide bonds. The van der Waals surface area contributed by atoms with Crippen molar-refractivity contribution >= 4 is 11.7 Å². The Morgan fingerprint density at radius 1 is 1.26 bits per heavy atom. The Bertz CT molecular complexity index is 456. The average molecular weight is 278 g/mol. The molecule has 0 aromatic heterocycles. The molecule has 0 fully saturated rings. The number of carbonyl (C=O) groups is 1. The number of urea groups is 1. The van der Waals surface area contributed by atoms with Crippen LogP contribution in [0.25, 0.3) is 0 Å². The highest BCUT2D eigenvalue weighted by Gasteiger charge is 2.31. The molecule has 0 unspecified atom stereocenters. The Balaban J connectivity index is 2.98. The number of benzene rings is 1. The lowest BCUT2D eigenvalue weighted by molar-refractivity contribution is -0.137. The average Bonchev–Trinajstić information content (AvgIpc) is 2.32. The van der Waals surface area contributed by atoms with E-state index in [0.29, 0.717) is 31.3 Å². The highest BCUT2D eigenvalue weighted by molar-refractivity contribution is 5.89. The molecule has 106 valence electrons. The van der Waals surface area contributed by atoms with Crippen LogP contribution in [0.2, 0.25) is 0 Å². The molecule has 1 rings (SSSR count). The zero-order chi connectivity index (χ0) is 14.6. The number of amides is 2. The zero-order valence-corrected chi connectivity index (χ0v) is 10.5. The second kappa shape index (κ2) is 5.90. The molecule has 0 aliphatic heterocycles. The Labute approximate surface area is 108 Å². The zero-order valence-electron chi connectivity index (χ0n) is 10.5. The molecule has 0 saturated heterocycles. The molecule has 0 aliphatic rings. The van der Waals surface area contributed by atoms with Crippen LogP contribution >= 0.6 is 0 Å². The molecule has 3 nitrogen and oxygen atoms in total. The number of hydrogen-bond acceptors (Lipinski definition) is 1. The van der Waals surface area contributed by atoms with Gasteiger partial charge in [0, 0.05) is 13.1 Å². The number of hydrogen-bond donors (Lipinski definition) is 1. The SMILES string of the molecule is CCN(CC)C(=O)Nc1cc(C(F)(F)F)ccc1F. The monoisotopic (exact) mass is 278 g/mol. The lowest BCUT2D eigenvalue weighted by Gasteiger charge is -2.19. The number of nitrogens with zero attached hydrogens (tertiary/aromatic N) is 1. The van der Waals surface area contributed by atoms with Gasteiger partial charge in [0.05, 0.1) is 11.3 Å². The summed E-state index contributed by atoms with van der Waals surface area (Å²) in [6.45, 7) is 4.18. The number of nitrogens with one attached hydrogen (secondary N) is 1. The molecule has 1 aromatic rings. The molecular weight excluding hydrogens is 264 g/mol. The van der Waals surface area contributed by atoms with Gasteiger partial charge in [-0.1, -0.05) is 0 Å². The first-order chi connectivity index (χ1) is 8.79. The first-order valence-electron chi connectivity index (χ1n) is 5.72. The molecule has 1 N–H and O–H groups in total. The second-order valence-corrected chi connectivity index (χ2v) is 3.79. The van der Waals surface area contributed by atoms with Crippen LogP contribution in [0.4, 0.5) is 28.0 Å². The quantitative estimate of drug-likeness (QED) is 0.840. The van der Waals surface area contributed by atoms with Gasteiger partial charge in [-0.3, -0.25) is 0 Å². The van der Waals surface area contributed by atoms with E-state index in [-0.39, 0.29) is 0 Å². The van der Waals surface area contributed by atoms with Gasteiger partial charge in [0.15, 0.2) is 0 Å². The summed E-state index contributed by atoms with van der Waals surface area (Å²) in [6.07, 6.45) is -4.58. The van der Waals surface area contributed by atoms with Crippen molar-refractivity contribution in [3.63, 3.8) is 0 Å². The number of carbonyl (C=O) groups excluding carboxylic acids is 1. The van der Waals surface area contributed by atoms with Crippen molar-refractivity contribution in [1.29, 1.82) is 0 Å². The fraction of sp³-hybridized carbons (Fsp3) is 0.417. The van der Waals surface area contributed by atoms with Gasteiger partial charge in [0.1, 0.15) is 5.82 Å². The maximum absolute atomic E-state index is 13.4. The summed E-state index contributed by atoms with van der Waals surface area (Å²) in [5.41, 5.74) is -1.49. The van der Waals surface area contributed by atoms with Crippen LogP contribution in [0, 0.1) is 5.82 Å². The van der Waals surface area contributed by atoms with E-state index < -0.39 is 29.3 Å². The first kappa shape index (κ1) is 15.3. The summed E-state index contributed by atoms with van der Waals surface area (Å²) in [7, 11) is 0. The van der Waals surface area contributed by atoms with Crippen molar-refractivity contribution in [3.8, 4) is 0 Å². The highest BCUT2D eigenvalue weighted by Crippen LogP contribution is 2.31. The summed E-state index contributed by atoms with van der Waals surface area (Å²) < 4.78 is 50.8. The molecule has 7 heteroatoms. The van der Waals surface area contributed by atoms with Crippen molar-refractivity contribution < 1.29 is 22.4 Å². The van der Waals surface area contributed by atoms with E-state index >= 15 is 0 Å². The third-order valence-corrected chi connectivity index (χ3v) is 2.59. The van der Waals surface area contributed by atoms with Crippen LogP contribution in [-0.4, -0.2) is 24.0 Å². The lowest BCUT2D eigenvalue weighted by Crippen LogP contribution is -2.34. The molecule has 0 saturated carbocycles. The van der Waals surface area contributed by atoms with Crippen molar-refractivity contribution in [2.75, 3.05) is 18.4 Å². The van der Waals surface area contributed by atoms with Crippen molar-refractivity contribution in [3.05, 3.63) is 29.6 Å². The van der Waals surface area contributed by atoms with Crippen molar-refractivity contribution in [2.24, 2.45) is 0 Å². The van der Waals surface area contributed by atoms with Gasteiger partial charge in [-0.05, 0) is 32.0 Å². The third-order valence-electron chi connectivity index (χ3n) is 2.59. The minimum absolute atomic E-state index is 0.378. The van der Waals surface area contributed by atoms with E-state index in [1.165, 1.54) is 4.90 Å². The van der Waals surface area contributed by atoms with E-state index in [9.17, 15) is 22.4 Å². The topological polar surface area (TPSA) is 32.3 Å². The van der Waals surface area contributed by atoms with Crippen molar-refractivity contribution in [1.82, 2.24) is 4.90 Å². The minimum Gasteiger partial charge on any atom is -0.325 e. The highest BCUT2D eigenvalue weighted by atomic mass is 19.4. The predicted molar refractivity (Wildman–Crippen MR) is 63.3 cm³/mol. The standard InChI is InChI=1S/C12H14F4N2O/c1-3-18(4-2)11(19)17-10-7-8(12(14,15)16)5-6-9(10)13/h5-7H,3-4H2,1-2H3,(H,17,19). The van der Waals surface area contributed by atoms with Crippen molar-refractivity contribution in [2.45, 2.75) is 20.0 Å². The first-order valence-corrected chi connectivity index (χ1v) is 5.72. The van der Waals surface area contributed by atoms with Gasteiger partial charge in [0.2, 0.25) is 0 Å². The second-order valence-electron chi connectivity index (χ2n) is 3.79. The molecular formula is C12H14F4N2O. The van der Waals surface area contributed by atoms with Crippen LogP contribution in [0.5, 0.6) is 0 Å². The van der Waals surface area contributed by atoms with E-state index in [4.69, 9.17) is 0 Å². The maximum Gasteiger partial charge on any atom is 0.416 e. The van der Waals surface area contributed by atoms with Crippen LogP contribution in [0.1, 0.15) is 19.4 Å². The van der Waals surface area contributed by atoms with Gasteiger partial charge >= 0.3 is 12.2 Å². The van der Waals surface area contributed by atoms with Crippen LogP contribution in [0.3, 0.4) is 0 Å². The Morgan fingerprint density at radius 3 is 2.32 bits per heavy atom. The molecule has 0 atom stereocenters. The summed E-state index contributed by atoms with van der Waals surface area (Å²) >= 11 is 0. The maximum atomic E-state index is 13.4. The minimum atomic E-state index is -4.58. The number of alkyl halides is 3. The lowest BCUT2D eigenvalue weighted by atomic mass is 10.2. The largest absolute Gasteiger partial charge is 0.416 e. The van der Waals surface area contributed by atoms with Crippen LogP contribution < -0.4 is 5.32 Å². The van der Waals surface area contributed by atoms with Gasteiger partial charge in [-0.25, -0.2) is 9.18 Å². The molecule has 0 aliphatic carbocycles. The summed E-state index contributed by atoms with van der Waals surface area (Å²) in [5.74, 6) is -0.909. The fourth-order valence-corrected chi connectivity index (χ4v) is 1.50. The summed E-state index contributed by atoms with van der Waals surface area (Å²) in [4.78, 5) is 13.0. The Kier molecular flexibility index (Phi) is 4.74. The summed E-state index contributed by atoms with van der Waals surface area (Å²) in [6, 6.07) is 1.25. The Morgan fingerprint density at radius 2 is 1.84 bits per heavy atom. The summed E-state index contributed by atoms with van der Waals surface area (Å²) in [5, 5.41) is 2.14. The molecule has 1 aromatic carbocycles. The van der Waals surface area contributed by atoms with Gasteiger partial charge < -0.3 is 10.2 Å². The normalized spacial score (nSPS) is 11.3. The Hall–Kier alpha value is -1.79. The van der Waals surface area contributed by atoms with Gasteiger partial charge in [-0.15, -0.1) is 0 Å². The third kappa shape index (κ3) is 3.84. The van der Waals surface area contributed by atoms with E-state index in [1.807, 2.05) is 0 Å².